The molecule has 0 fully saturated rings. The molecule has 1 atom stereocenters. The van der Waals surface area contributed by atoms with E-state index in [2.05, 4.69) is 9.71 Å². The number of hydrogen-bond donors (Lipinski definition) is 1. The van der Waals surface area contributed by atoms with Crippen LogP contribution in [-0.4, -0.2) is 43.6 Å². The maximum absolute atomic E-state index is 12.1. The Labute approximate surface area is 119 Å². The van der Waals surface area contributed by atoms with Gasteiger partial charge in [-0.2, -0.15) is 0 Å². The number of rotatable bonds is 8. The molecule has 1 N–H and O–H groups in total. The fourth-order valence-electron chi connectivity index (χ4n) is 1.67. The van der Waals surface area contributed by atoms with Gasteiger partial charge in [-0.3, -0.25) is 0 Å². The SMILES string of the molecule is CCCn1cc(S(=O)(=O)NC(CCl)COC)nc1C. The van der Waals surface area contributed by atoms with Crippen molar-refractivity contribution in [3.63, 3.8) is 0 Å². The number of ether oxygens (including phenoxy) is 1. The Kier molecular flexibility index (Phi) is 6.25. The van der Waals surface area contributed by atoms with Crippen LogP contribution >= 0.6 is 11.6 Å². The third kappa shape index (κ3) is 4.45. The van der Waals surface area contributed by atoms with Crippen LogP contribution in [0.25, 0.3) is 0 Å². The van der Waals surface area contributed by atoms with Gasteiger partial charge in [0.05, 0.1) is 12.6 Å². The zero-order chi connectivity index (χ0) is 14.5. The topological polar surface area (TPSA) is 73.2 Å². The summed E-state index contributed by atoms with van der Waals surface area (Å²) < 4.78 is 33.5. The predicted molar refractivity (Wildman–Crippen MR) is 74.0 cm³/mol. The Bertz CT molecular complexity index is 501. The van der Waals surface area contributed by atoms with Gasteiger partial charge in [0, 0.05) is 25.7 Å². The fraction of sp³-hybridized carbons (Fsp3) is 0.727. The number of sulfonamides is 1. The van der Waals surface area contributed by atoms with Crippen LogP contribution in [0.2, 0.25) is 0 Å². The monoisotopic (exact) mass is 309 g/mol. The fourth-order valence-corrected chi connectivity index (χ4v) is 3.15. The first-order chi connectivity index (χ1) is 8.94. The molecule has 110 valence electrons. The minimum atomic E-state index is -3.66. The van der Waals surface area contributed by atoms with Crippen molar-refractivity contribution < 1.29 is 13.2 Å². The second-order valence-electron chi connectivity index (χ2n) is 4.25. The Morgan fingerprint density at radius 3 is 2.79 bits per heavy atom. The standard InChI is InChI=1S/C11H20ClN3O3S/c1-4-5-15-7-11(13-9(15)2)19(16,17)14-10(6-12)8-18-3/h7,10,14H,4-6,8H2,1-3H3. The highest BCUT2D eigenvalue weighted by Crippen LogP contribution is 2.10. The summed E-state index contributed by atoms with van der Waals surface area (Å²) in [4.78, 5) is 4.08. The van der Waals surface area contributed by atoms with E-state index < -0.39 is 16.1 Å². The number of hydrogen-bond acceptors (Lipinski definition) is 4. The van der Waals surface area contributed by atoms with E-state index in [0.29, 0.717) is 5.82 Å². The average molecular weight is 310 g/mol. The quantitative estimate of drug-likeness (QED) is 0.731. The molecule has 19 heavy (non-hydrogen) atoms. The van der Waals surface area contributed by atoms with Crippen LogP contribution < -0.4 is 4.72 Å². The summed E-state index contributed by atoms with van der Waals surface area (Å²) in [5.74, 6) is 0.818. The first kappa shape index (κ1) is 16.4. The van der Waals surface area contributed by atoms with Crippen molar-refractivity contribution in [2.45, 2.75) is 37.9 Å². The summed E-state index contributed by atoms with van der Waals surface area (Å²) in [5.41, 5.74) is 0. The molecular formula is C11H20ClN3O3S. The lowest BCUT2D eigenvalue weighted by Crippen LogP contribution is -2.39. The second-order valence-corrected chi connectivity index (χ2v) is 6.22. The first-order valence-electron chi connectivity index (χ1n) is 6.05. The van der Waals surface area contributed by atoms with Crippen LogP contribution in [0.15, 0.2) is 11.2 Å². The van der Waals surface area contributed by atoms with E-state index >= 15 is 0 Å². The molecule has 1 aromatic heterocycles. The van der Waals surface area contributed by atoms with E-state index in [-0.39, 0.29) is 17.5 Å². The van der Waals surface area contributed by atoms with Gasteiger partial charge in [-0.1, -0.05) is 6.92 Å². The van der Waals surface area contributed by atoms with E-state index in [1.54, 1.807) is 13.1 Å². The molecule has 0 radical (unpaired) electrons. The highest BCUT2D eigenvalue weighted by atomic mass is 35.5. The molecule has 1 heterocycles. The molecule has 0 saturated heterocycles. The molecule has 0 aliphatic carbocycles. The molecule has 0 aromatic carbocycles. The zero-order valence-electron chi connectivity index (χ0n) is 11.4. The minimum Gasteiger partial charge on any atom is -0.383 e. The molecule has 0 saturated carbocycles. The Morgan fingerprint density at radius 1 is 1.58 bits per heavy atom. The molecular weight excluding hydrogens is 290 g/mol. The van der Waals surface area contributed by atoms with Crippen LogP contribution in [0.5, 0.6) is 0 Å². The second kappa shape index (κ2) is 7.23. The summed E-state index contributed by atoms with van der Waals surface area (Å²) in [6.45, 7) is 4.76. The maximum atomic E-state index is 12.1. The van der Waals surface area contributed by atoms with Crippen molar-refractivity contribution in [1.29, 1.82) is 0 Å². The van der Waals surface area contributed by atoms with Gasteiger partial charge in [-0.05, 0) is 13.3 Å². The van der Waals surface area contributed by atoms with Crippen molar-refractivity contribution in [2.24, 2.45) is 0 Å². The van der Waals surface area contributed by atoms with E-state index in [1.165, 1.54) is 7.11 Å². The molecule has 0 bridgehead atoms. The molecule has 0 spiro atoms. The van der Waals surface area contributed by atoms with Gasteiger partial charge in [-0.25, -0.2) is 18.1 Å². The largest absolute Gasteiger partial charge is 0.383 e. The predicted octanol–water partition coefficient (Wildman–Crippen LogP) is 1.13. The number of aromatic nitrogens is 2. The van der Waals surface area contributed by atoms with Crippen molar-refractivity contribution in [3.05, 3.63) is 12.0 Å². The Balaban J connectivity index is 2.90. The average Bonchev–Trinajstić information content (AvgIpc) is 2.72. The smallest absolute Gasteiger partial charge is 0.259 e. The van der Waals surface area contributed by atoms with Crippen LogP contribution in [0.1, 0.15) is 19.2 Å². The molecule has 0 aliphatic rings. The maximum Gasteiger partial charge on any atom is 0.259 e. The van der Waals surface area contributed by atoms with E-state index in [9.17, 15) is 8.42 Å². The van der Waals surface area contributed by atoms with Gasteiger partial charge in [0.2, 0.25) is 0 Å². The van der Waals surface area contributed by atoms with Gasteiger partial charge in [-0.15, -0.1) is 11.6 Å². The van der Waals surface area contributed by atoms with E-state index in [0.717, 1.165) is 13.0 Å². The summed E-state index contributed by atoms with van der Waals surface area (Å²) in [6, 6.07) is -0.465. The summed E-state index contributed by atoms with van der Waals surface area (Å²) >= 11 is 5.69. The van der Waals surface area contributed by atoms with Crippen LogP contribution in [0.4, 0.5) is 0 Å². The van der Waals surface area contributed by atoms with Crippen molar-refractivity contribution in [1.82, 2.24) is 14.3 Å². The number of methoxy groups -OCH3 is 1. The summed E-state index contributed by atoms with van der Waals surface area (Å²) in [7, 11) is -2.17. The summed E-state index contributed by atoms with van der Waals surface area (Å²) in [5, 5.41) is 0.0182. The van der Waals surface area contributed by atoms with Gasteiger partial charge in [0.25, 0.3) is 10.0 Å². The Hall–Kier alpha value is -0.630. The number of alkyl halides is 1. The van der Waals surface area contributed by atoms with Gasteiger partial charge >= 0.3 is 0 Å². The molecule has 1 aromatic rings. The van der Waals surface area contributed by atoms with Crippen LogP contribution in [-0.2, 0) is 21.3 Å². The number of nitrogens with one attached hydrogen (secondary N) is 1. The van der Waals surface area contributed by atoms with Gasteiger partial charge in [0.1, 0.15) is 5.82 Å². The molecule has 0 aliphatic heterocycles. The van der Waals surface area contributed by atoms with Gasteiger partial charge < -0.3 is 9.30 Å². The number of aryl methyl sites for hydroxylation is 2. The number of halogens is 1. The van der Waals surface area contributed by atoms with Crippen molar-refractivity contribution in [2.75, 3.05) is 19.6 Å². The third-order valence-corrected chi connectivity index (χ3v) is 4.33. The lowest BCUT2D eigenvalue weighted by Gasteiger charge is -2.13. The highest BCUT2D eigenvalue weighted by molar-refractivity contribution is 7.89. The highest BCUT2D eigenvalue weighted by Gasteiger charge is 2.22. The third-order valence-electron chi connectivity index (χ3n) is 2.57. The van der Waals surface area contributed by atoms with E-state index in [4.69, 9.17) is 16.3 Å². The van der Waals surface area contributed by atoms with Crippen LogP contribution in [0, 0.1) is 6.92 Å². The van der Waals surface area contributed by atoms with Crippen LogP contribution in [0.3, 0.4) is 0 Å². The number of imidazole rings is 1. The molecule has 1 rings (SSSR count). The van der Waals surface area contributed by atoms with E-state index in [1.807, 2.05) is 11.5 Å². The molecule has 8 heteroatoms. The normalized spacial score (nSPS) is 13.7. The molecule has 1 unspecified atom stereocenters. The first-order valence-corrected chi connectivity index (χ1v) is 8.07. The Morgan fingerprint density at radius 2 is 2.26 bits per heavy atom. The van der Waals surface area contributed by atoms with Crippen molar-refractivity contribution >= 4 is 21.6 Å². The van der Waals surface area contributed by atoms with Crippen molar-refractivity contribution in [3.8, 4) is 0 Å². The minimum absolute atomic E-state index is 0.0182. The molecule has 0 amide bonds. The lowest BCUT2D eigenvalue weighted by atomic mass is 10.4. The molecule has 6 nitrogen and oxygen atoms in total. The zero-order valence-corrected chi connectivity index (χ0v) is 13.0. The van der Waals surface area contributed by atoms with Gasteiger partial charge in [0.15, 0.2) is 5.03 Å². The number of nitrogens with zero attached hydrogens (tertiary/aromatic N) is 2. The lowest BCUT2D eigenvalue weighted by molar-refractivity contribution is 0.181. The summed E-state index contributed by atoms with van der Waals surface area (Å²) in [6.07, 6.45) is 2.46.